The fourth-order valence-corrected chi connectivity index (χ4v) is 2.20. The molecule has 1 aromatic carbocycles. The van der Waals surface area contributed by atoms with E-state index in [1.807, 2.05) is 31.3 Å². The molecule has 0 radical (unpaired) electrons. The lowest BCUT2D eigenvalue weighted by atomic mass is 9.86. The SMILES string of the molecule is CN1CCC(F)(c2ccc(CN)cc2)CC1. The zero-order valence-electron chi connectivity index (χ0n) is 9.75. The van der Waals surface area contributed by atoms with Gasteiger partial charge in [-0.3, -0.25) is 0 Å². The Morgan fingerprint density at radius 3 is 2.31 bits per heavy atom. The van der Waals surface area contributed by atoms with Crippen LogP contribution in [0.4, 0.5) is 4.39 Å². The van der Waals surface area contributed by atoms with E-state index in [0.29, 0.717) is 19.4 Å². The molecule has 3 heteroatoms. The monoisotopic (exact) mass is 222 g/mol. The quantitative estimate of drug-likeness (QED) is 0.829. The van der Waals surface area contributed by atoms with Crippen molar-refractivity contribution in [1.82, 2.24) is 4.90 Å². The van der Waals surface area contributed by atoms with Crippen LogP contribution in [-0.4, -0.2) is 25.0 Å². The van der Waals surface area contributed by atoms with Crippen molar-refractivity contribution in [2.75, 3.05) is 20.1 Å². The Hall–Kier alpha value is -0.930. The van der Waals surface area contributed by atoms with E-state index in [4.69, 9.17) is 5.73 Å². The lowest BCUT2D eigenvalue weighted by molar-refractivity contribution is 0.0674. The number of likely N-dealkylation sites (tertiary alicyclic amines) is 1. The average Bonchev–Trinajstić information content (AvgIpc) is 2.33. The molecular weight excluding hydrogens is 203 g/mol. The van der Waals surface area contributed by atoms with Crippen LogP contribution in [0.1, 0.15) is 24.0 Å². The lowest BCUT2D eigenvalue weighted by Gasteiger charge is -2.34. The first-order chi connectivity index (χ1) is 7.64. The molecule has 1 aromatic rings. The molecule has 1 aliphatic heterocycles. The Balaban J connectivity index is 2.16. The number of halogens is 1. The Morgan fingerprint density at radius 1 is 1.25 bits per heavy atom. The molecule has 0 amide bonds. The van der Waals surface area contributed by atoms with Crippen molar-refractivity contribution in [1.29, 1.82) is 0 Å². The molecule has 0 aromatic heterocycles. The van der Waals surface area contributed by atoms with Gasteiger partial charge in [-0.1, -0.05) is 24.3 Å². The number of nitrogens with zero attached hydrogens (tertiary/aromatic N) is 1. The van der Waals surface area contributed by atoms with Gasteiger partial charge in [-0.05, 0) is 31.0 Å². The van der Waals surface area contributed by atoms with Crippen molar-refractivity contribution in [3.05, 3.63) is 35.4 Å². The molecule has 2 N–H and O–H groups in total. The third kappa shape index (κ3) is 2.25. The molecule has 0 bridgehead atoms. The summed E-state index contributed by atoms with van der Waals surface area (Å²) in [4.78, 5) is 2.17. The molecule has 1 saturated heterocycles. The van der Waals surface area contributed by atoms with Gasteiger partial charge in [-0.25, -0.2) is 4.39 Å². The van der Waals surface area contributed by atoms with Crippen molar-refractivity contribution < 1.29 is 4.39 Å². The number of piperidine rings is 1. The Morgan fingerprint density at radius 2 is 1.81 bits per heavy atom. The Kier molecular flexibility index (Phi) is 3.26. The normalized spacial score (nSPS) is 20.9. The number of hydrogen-bond acceptors (Lipinski definition) is 2. The molecule has 2 rings (SSSR count). The van der Waals surface area contributed by atoms with Crippen molar-refractivity contribution >= 4 is 0 Å². The van der Waals surface area contributed by atoms with Gasteiger partial charge in [0.05, 0.1) is 0 Å². The van der Waals surface area contributed by atoms with Gasteiger partial charge in [0, 0.05) is 19.6 Å². The third-order valence-corrected chi connectivity index (χ3v) is 3.49. The number of rotatable bonds is 2. The highest BCUT2D eigenvalue weighted by Crippen LogP contribution is 2.36. The van der Waals surface area contributed by atoms with Gasteiger partial charge in [0.15, 0.2) is 0 Å². The van der Waals surface area contributed by atoms with Crippen LogP contribution in [-0.2, 0) is 12.2 Å². The highest BCUT2D eigenvalue weighted by molar-refractivity contribution is 5.27. The number of alkyl halides is 1. The summed E-state index contributed by atoms with van der Waals surface area (Å²) in [5, 5.41) is 0. The van der Waals surface area contributed by atoms with Gasteiger partial charge >= 0.3 is 0 Å². The third-order valence-electron chi connectivity index (χ3n) is 3.49. The van der Waals surface area contributed by atoms with Crippen LogP contribution in [0.15, 0.2) is 24.3 Å². The predicted octanol–water partition coefficient (Wildman–Crippen LogP) is 2.04. The molecule has 0 atom stereocenters. The van der Waals surface area contributed by atoms with Crippen LogP contribution in [0.25, 0.3) is 0 Å². The van der Waals surface area contributed by atoms with Crippen LogP contribution in [0, 0.1) is 0 Å². The van der Waals surface area contributed by atoms with Gasteiger partial charge in [-0.2, -0.15) is 0 Å². The van der Waals surface area contributed by atoms with E-state index in [0.717, 1.165) is 24.2 Å². The molecule has 16 heavy (non-hydrogen) atoms. The van der Waals surface area contributed by atoms with Gasteiger partial charge in [0.25, 0.3) is 0 Å². The van der Waals surface area contributed by atoms with Crippen LogP contribution in [0.2, 0.25) is 0 Å². The highest BCUT2D eigenvalue weighted by atomic mass is 19.1. The van der Waals surface area contributed by atoms with E-state index >= 15 is 0 Å². The van der Waals surface area contributed by atoms with E-state index in [2.05, 4.69) is 4.90 Å². The van der Waals surface area contributed by atoms with Crippen LogP contribution in [0.3, 0.4) is 0 Å². The molecule has 1 heterocycles. The maximum Gasteiger partial charge on any atom is 0.138 e. The first-order valence-corrected chi connectivity index (χ1v) is 5.81. The summed E-state index contributed by atoms with van der Waals surface area (Å²) < 4.78 is 14.7. The molecule has 0 unspecified atom stereocenters. The number of nitrogens with two attached hydrogens (primary N) is 1. The van der Waals surface area contributed by atoms with E-state index in [1.165, 1.54) is 0 Å². The molecule has 0 saturated carbocycles. The van der Waals surface area contributed by atoms with E-state index < -0.39 is 5.67 Å². The second kappa shape index (κ2) is 4.52. The first kappa shape index (κ1) is 11.6. The summed E-state index contributed by atoms with van der Waals surface area (Å²) in [6.07, 6.45) is 1.18. The number of hydrogen-bond donors (Lipinski definition) is 1. The molecular formula is C13H19FN2. The fraction of sp³-hybridized carbons (Fsp3) is 0.538. The summed E-state index contributed by atoms with van der Waals surface area (Å²) >= 11 is 0. The summed E-state index contributed by atoms with van der Waals surface area (Å²) in [6, 6.07) is 7.62. The Bertz CT molecular complexity index is 339. The zero-order chi connectivity index (χ0) is 11.6. The summed E-state index contributed by atoms with van der Waals surface area (Å²) in [6.45, 7) is 2.17. The van der Waals surface area contributed by atoms with Crippen LogP contribution in [0.5, 0.6) is 0 Å². The van der Waals surface area contributed by atoms with Crippen molar-refractivity contribution in [2.24, 2.45) is 5.73 Å². The minimum absolute atomic E-state index is 0.516. The molecule has 1 fully saturated rings. The minimum atomic E-state index is -1.14. The molecule has 2 nitrogen and oxygen atoms in total. The van der Waals surface area contributed by atoms with Crippen LogP contribution < -0.4 is 5.73 Å². The van der Waals surface area contributed by atoms with Crippen LogP contribution >= 0.6 is 0 Å². The molecule has 0 aliphatic carbocycles. The van der Waals surface area contributed by atoms with E-state index in [1.54, 1.807) is 0 Å². The van der Waals surface area contributed by atoms with Gasteiger partial charge in [0.2, 0.25) is 0 Å². The maximum absolute atomic E-state index is 14.7. The lowest BCUT2D eigenvalue weighted by Crippen LogP contribution is -2.37. The van der Waals surface area contributed by atoms with Crippen molar-refractivity contribution in [2.45, 2.75) is 25.1 Å². The zero-order valence-corrected chi connectivity index (χ0v) is 9.75. The number of benzene rings is 1. The second-order valence-electron chi connectivity index (χ2n) is 4.67. The topological polar surface area (TPSA) is 29.3 Å². The van der Waals surface area contributed by atoms with Gasteiger partial charge in [-0.15, -0.1) is 0 Å². The predicted molar refractivity (Wildman–Crippen MR) is 63.9 cm³/mol. The summed E-state index contributed by atoms with van der Waals surface area (Å²) in [7, 11) is 2.04. The highest BCUT2D eigenvalue weighted by Gasteiger charge is 2.35. The van der Waals surface area contributed by atoms with Crippen molar-refractivity contribution in [3.8, 4) is 0 Å². The Labute approximate surface area is 96.2 Å². The van der Waals surface area contributed by atoms with Gasteiger partial charge in [0.1, 0.15) is 5.67 Å². The summed E-state index contributed by atoms with van der Waals surface area (Å²) in [5.41, 5.74) is 6.25. The molecule has 0 spiro atoms. The molecule has 88 valence electrons. The largest absolute Gasteiger partial charge is 0.326 e. The standard InChI is InChI=1S/C13H19FN2/c1-16-8-6-13(14,7-9-16)12-4-2-11(10-15)3-5-12/h2-5H,6-10,15H2,1H3. The van der Waals surface area contributed by atoms with Gasteiger partial charge < -0.3 is 10.6 Å². The van der Waals surface area contributed by atoms with E-state index in [9.17, 15) is 4.39 Å². The first-order valence-electron chi connectivity index (χ1n) is 5.81. The fourth-order valence-electron chi connectivity index (χ4n) is 2.20. The minimum Gasteiger partial charge on any atom is -0.326 e. The summed E-state index contributed by atoms with van der Waals surface area (Å²) in [5.74, 6) is 0. The maximum atomic E-state index is 14.7. The van der Waals surface area contributed by atoms with E-state index in [-0.39, 0.29) is 0 Å². The average molecular weight is 222 g/mol. The molecule has 1 aliphatic rings. The van der Waals surface area contributed by atoms with Crippen molar-refractivity contribution in [3.63, 3.8) is 0 Å². The smallest absolute Gasteiger partial charge is 0.138 e. The second-order valence-corrected chi connectivity index (χ2v) is 4.67.